The number of hydrogen-bond donors (Lipinski definition) is 0. The van der Waals surface area contributed by atoms with Crippen molar-refractivity contribution in [1.82, 2.24) is 44.6 Å². The Labute approximate surface area is 264 Å². The lowest BCUT2D eigenvalue weighted by Crippen LogP contribution is -2.54. The Hall–Kier alpha value is -3.73. The summed E-state index contributed by atoms with van der Waals surface area (Å²) in [5.41, 5.74) is 0.641. The number of carbonyl (C=O) groups excluding carboxylic acids is 1. The molecular formula is C27H32BrF3N10O2S. The van der Waals surface area contributed by atoms with E-state index in [4.69, 9.17) is 4.74 Å². The SMILES string of the molecule is CCOc1ncc(Br)cn1.CCc1ncc(-c2nc(C(F)(F)F)sc2N2CCN(C(=O)Cn3nc(C)nc3C)[C@H](C)C2)cn1. The van der Waals surface area contributed by atoms with Crippen molar-refractivity contribution in [3.8, 4) is 17.3 Å². The van der Waals surface area contributed by atoms with Crippen LogP contribution in [-0.2, 0) is 23.9 Å². The molecule has 17 heteroatoms. The fourth-order valence-corrected chi connectivity index (χ4v) is 5.64. The van der Waals surface area contributed by atoms with Crippen molar-refractivity contribution in [3.05, 3.63) is 51.7 Å². The number of thiazole rings is 1. The lowest BCUT2D eigenvalue weighted by atomic mass is 10.1. The van der Waals surface area contributed by atoms with Crippen molar-refractivity contribution < 1.29 is 22.7 Å². The fourth-order valence-electron chi connectivity index (χ4n) is 4.44. The number of nitrogens with zero attached hydrogens (tertiary/aromatic N) is 10. The topological polar surface area (TPSA) is 128 Å². The van der Waals surface area contributed by atoms with Gasteiger partial charge in [0.05, 0.1) is 11.1 Å². The third-order valence-electron chi connectivity index (χ3n) is 6.50. The summed E-state index contributed by atoms with van der Waals surface area (Å²) in [5, 5.41) is 3.73. The lowest BCUT2D eigenvalue weighted by molar-refractivity contribution is -0.137. The molecule has 1 atom stereocenters. The van der Waals surface area contributed by atoms with E-state index in [-0.39, 0.29) is 24.2 Å². The summed E-state index contributed by atoms with van der Waals surface area (Å²) in [5.74, 6) is 1.75. The zero-order valence-corrected chi connectivity index (χ0v) is 27.2. The number of amides is 1. The highest BCUT2D eigenvalue weighted by Crippen LogP contribution is 2.42. The van der Waals surface area contributed by atoms with E-state index in [1.54, 1.807) is 35.8 Å². The van der Waals surface area contributed by atoms with Crippen LogP contribution in [0.4, 0.5) is 18.2 Å². The van der Waals surface area contributed by atoms with Crippen molar-refractivity contribution in [2.24, 2.45) is 0 Å². The van der Waals surface area contributed by atoms with Gasteiger partial charge in [0.1, 0.15) is 34.7 Å². The number of rotatable bonds is 7. The second-order valence-electron chi connectivity index (χ2n) is 9.77. The van der Waals surface area contributed by atoms with Gasteiger partial charge in [-0.1, -0.05) is 18.3 Å². The van der Waals surface area contributed by atoms with Crippen LogP contribution < -0.4 is 9.64 Å². The zero-order chi connectivity index (χ0) is 32.0. The number of piperazine rings is 1. The molecule has 0 spiro atoms. The minimum absolute atomic E-state index is 0.0716. The molecule has 236 valence electrons. The maximum Gasteiger partial charge on any atom is 0.443 e. The summed E-state index contributed by atoms with van der Waals surface area (Å²) in [6, 6.07) is 0.208. The molecule has 0 radical (unpaired) electrons. The number of carbonyl (C=O) groups is 1. The van der Waals surface area contributed by atoms with E-state index in [0.717, 1.165) is 4.47 Å². The van der Waals surface area contributed by atoms with Gasteiger partial charge in [-0.05, 0) is 43.6 Å². The number of aromatic nitrogens is 8. The van der Waals surface area contributed by atoms with Gasteiger partial charge in [0.15, 0.2) is 0 Å². The van der Waals surface area contributed by atoms with Gasteiger partial charge in [0.2, 0.25) is 10.9 Å². The number of halogens is 4. The first-order valence-corrected chi connectivity index (χ1v) is 15.4. The van der Waals surface area contributed by atoms with Crippen LogP contribution in [0.25, 0.3) is 11.3 Å². The maximum absolute atomic E-state index is 13.5. The average molecular weight is 698 g/mol. The molecule has 1 saturated heterocycles. The lowest BCUT2D eigenvalue weighted by Gasteiger charge is -2.40. The first-order valence-electron chi connectivity index (χ1n) is 13.8. The Balaban J connectivity index is 0.000000375. The molecule has 0 saturated carbocycles. The molecule has 0 aromatic carbocycles. The van der Waals surface area contributed by atoms with Crippen LogP contribution in [0.15, 0.2) is 29.3 Å². The van der Waals surface area contributed by atoms with E-state index in [1.807, 2.05) is 25.7 Å². The minimum Gasteiger partial charge on any atom is -0.464 e. The summed E-state index contributed by atoms with van der Waals surface area (Å²) in [7, 11) is 0. The van der Waals surface area contributed by atoms with Crippen molar-refractivity contribution in [2.45, 2.75) is 59.8 Å². The largest absolute Gasteiger partial charge is 0.464 e. The molecule has 1 amide bonds. The van der Waals surface area contributed by atoms with Gasteiger partial charge in [-0.3, -0.25) is 4.79 Å². The first kappa shape index (κ1) is 33.2. The molecule has 1 fully saturated rings. The molecular weight excluding hydrogens is 665 g/mol. The Morgan fingerprint density at radius 1 is 1.07 bits per heavy atom. The van der Waals surface area contributed by atoms with E-state index < -0.39 is 11.2 Å². The third kappa shape index (κ3) is 8.25. The number of alkyl halides is 3. The summed E-state index contributed by atoms with van der Waals surface area (Å²) < 4.78 is 47.9. The quantitative estimate of drug-likeness (QED) is 0.267. The standard InChI is InChI=1S/C21H25F3N8OS.C6H7BrN2O/c1-5-16-25-8-15(9-26-16)18-19(34-20(28-18)21(22,23)24)30-6-7-31(12(2)10-30)17(33)11-32-14(4)27-13(3)29-32;1-2-10-6-8-3-5(7)4-9-6/h8-9,12H,5-7,10-11H2,1-4H3;3-4H,2H2,1H3/t12-;/m1./s1. The van der Waals surface area contributed by atoms with Crippen LogP contribution in [0, 0.1) is 13.8 Å². The van der Waals surface area contributed by atoms with Crippen molar-refractivity contribution in [3.63, 3.8) is 0 Å². The summed E-state index contributed by atoms with van der Waals surface area (Å²) >= 11 is 3.82. The van der Waals surface area contributed by atoms with Crippen LogP contribution in [0.3, 0.4) is 0 Å². The smallest absolute Gasteiger partial charge is 0.443 e. The number of hydrogen-bond acceptors (Lipinski definition) is 11. The Kier molecular flexibility index (Phi) is 10.8. The average Bonchev–Trinajstić information content (AvgIpc) is 3.57. The van der Waals surface area contributed by atoms with E-state index in [1.165, 1.54) is 12.4 Å². The number of ether oxygens (including phenoxy) is 1. The highest BCUT2D eigenvalue weighted by Gasteiger charge is 2.38. The van der Waals surface area contributed by atoms with Crippen molar-refractivity contribution in [2.75, 3.05) is 31.1 Å². The van der Waals surface area contributed by atoms with Crippen molar-refractivity contribution >= 4 is 38.2 Å². The third-order valence-corrected chi connectivity index (χ3v) is 8.07. The predicted molar refractivity (Wildman–Crippen MR) is 161 cm³/mol. The van der Waals surface area contributed by atoms with Gasteiger partial charge < -0.3 is 14.5 Å². The van der Waals surface area contributed by atoms with Gasteiger partial charge in [0.25, 0.3) is 0 Å². The number of anilines is 1. The van der Waals surface area contributed by atoms with Gasteiger partial charge in [-0.2, -0.15) is 18.3 Å². The molecule has 0 N–H and O–H groups in total. The normalized spacial score (nSPS) is 15.2. The summed E-state index contributed by atoms with van der Waals surface area (Å²) in [6.07, 6.45) is 2.39. The van der Waals surface area contributed by atoms with E-state index in [0.29, 0.717) is 78.0 Å². The molecule has 0 bridgehead atoms. The highest BCUT2D eigenvalue weighted by atomic mass is 79.9. The molecule has 5 rings (SSSR count). The van der Waals surface area contributed by atoms with Crippen LogP contribution >= 0.6 is 27.3 Å². The molecule has 5 heterocycles. The maximum atomic E-state index is 13.5. The summed E-state index contributed by atoms with van der Waals surface area (Å²) in [6.45, 7) is 11.0. The molecule has 4 aromatic rings. The molecule has 4 aromatic heterocycles. The van der Waals surface area contributed by atoms with Gasteiger partial charge in [-0.15, -0.1) is 0 Å². The fraction of sp³-hybridized carbons (Fsp3) is 0.481. The highest BCUT2D eigenvalue weighted by molar-refractivity contribution is 9.10. The second kappa shape index (κ2) is 14.4. The predicted octanol–water partition coefficient (Wildman–Crippen LogP) is 4.76. The molecule has 0 unspecified atom stereocenters. The monoisotopic (exact) mass is 696 g/mol. The molecule has 1 aliphatic rings. The molecule has 44 heavy (non-hydrogen) atoms. The van der Waals surface area contributed by atoms with Crippen LogP contribution in [0.1, 0.15) is 43.3 Å². The van der Waals surface area contributed by atoms with E-state index in [9.17, 15) is 18.0 Å². The molecule has 0 aliphatic carbocycles. The second-order valence-corrected chi connectivity index (χ2v) is 11.7. The van der Waals surface area contributed by atoms with Gasteiger partial charge >= 0.3 is 12.2 Å². The van der Waals surface area contributed by atoms with E-state index >= 15 is 0 Å². The molecule has 12 nitrogen and oxygen atoms in total. The van der Waals surface area contributed by atoms with Gasteiger partial charge in [-0.25, -0.2) is 34.6 Å². The summed E-state index contributed by atoms with van der Waals surface area (Å²) in [4.78, 5) is 40.8. The Bertz CT molecular complexity index is 1550. The van der Waals surface area contributed by atoms with Crippen molar-refractivity contribution in [1.29, 1.82) is 0 Å². The Morgan fingerprint density at radius 2 is 1.75 bits per heavy atom. The van der Waals surface area contributed by atoms with Gasteiger partial charge in [0, 0.05) is 62.4 Å². The van der Waals surface area contributed by atoms with Crippen LogP contribution in [0.2, 0.25) is 0 Å². The Morgan fingerprint density at radius 3 is 2.30 bits per heavy atom. The molecule has 1 aliphatic heterocycles. The zero-order valence-electron chi connectivity index (χ0n) is 24.8. The minimum atomic E-state index is -4.56. The first-order chi connectivity index (χ1) is 20.9. The number of aryl methyl sites for hydroxylation is 3. The van der Waals surface area contributed by atoms with E-state index in [2.05, 4.69) is 50.9 Å². The van der Waals surface area contributed by atoms with Crippen LogP contribution in [0.5, 0.6) is 6.01 Å². The van der Waals surface area contributed by atoms with Crippen LogP contribution in [-0.4, -0.2) is 82.8 Å².